The van der Waals surface area contributed by atoms with Gasteiger partial charge in [0.15, 0.2) is 16.5 Å². The van der Waals surface area contributed by atoms with Gasteiger partial charge in [-0.1, -0.05) is 41.7 Å². The highest BCUT2D eigenvalue weighted by atomic mass is 32.1. The van der Waals surface area contributed by atoms with Crippen LogP contribution in [-0.4, -0.2) is 27.7 Å². The monoisotopic (exact) mass is 394 g/mol. The number of rotatable bonds is 7. The van der Waals surface area contributed by atoms with E-state index in [2.05, 4.69) is 12.1 Å². The van der Waals surface area contributed by atoms with Crippen molar-refractivity contribution in [3.63, 3.8) is 0 Å². The fourth-order valence-electron chi connectivity index (χ4n) is 3.21. The van der Waals surface area contributed by atoms with E-state index in [1.165, 1.54) is 0 Å². The molecule has 4 rings (SSSR count). The number of benzene rings is 2. The van der Waals surface area contributed by atoms with Gasteiger partial charge in [0, 0.05) is 11.8 Å². The zero-order valence-corrected chi connectivity index (χ0v) is 16.7. The molecule has 0 aliphatic rings. The average molecular weight is 394 g/mol. The molecule has 4 aromatic rings. The SMILES string of the molecule is CCOc1ccc(-c2nc3sc(-c4ccccc4)cn3c2CO)cc1OCC. The van der Waals surface area contributed by atoms with Crippen LogP contribution in [0, 0.1) is 0 Å². The smallest absolute Gasteiger partial charge is 0.195 e. The van der Waals surface area contributed by atoms with Crippen molar-refractivity contribution in [3.8, 4) is 33.2 Å². The Morgan fingerprint density at radius 1 is 0.964 bits per heavy atom. The van der Waals surface area contributed by atoms with Crippen molar-refractivity contribution in [2.45, 2.75) is 20.5 Å². The minimum absolute atomic E-state index is 0.0986. The number of ether oxygens (including phenoxy) is 2. The van der Waals surface area contributed by atoms with Crippen LogP contribution in [0.4, 0.5) is 0 Å². The molecule has 2 aromatic carbocycles. The number of aliphatic hydroxyl groups is 1. The Morgan fingerprint density at radius 3 is 2.43 bits per heavy atom. The molecule has 28 heavy (non-hydrogen) atoms. The molecule has 2 aromatic heterocycles. The van der Waals surface area contributed by atoms with Crippen LogP contribution in [0.25, 0.3) is 26.7 Å². The predicted octanol–water partition coefficient (Wildman–Crippen LogP) is 5.02. The summed E-state index contributed by atoms with van der Waals surface area (Å²) in [4.78, 5) is 6.77. The van der Waals surface area contributed by atoms with Crippen LogP contribution in [0.15, 0.2) is 54.7 Å². The summed E-state index contributed by atoms with van der Waals surface area (Å²) in [7, 11) is 0. The molecule has 0 radical (unpaired) electrons. The highest BCUT2D eigenvalue weighted by Gasteiger charge is 2.18. The maximum atomic E-state index is 10.0. The number of aromatic nitrogens is 2. The molecule has 0 atom stereocenters. The highest BCUT2D eigenvalue weighted by molar-refractivity contribution is 7.20. The maximum Gasteiger partial charge on any atom is 0.195 e. The first-order valence-electron chi connectivity index (χ1n) is 9.32. The van der Waals surface area contributed by atoms with Gasteiger partial charge in [-0.15, -0.1) is 0 Å². The van der Waals surface area contributed by atoms with E-state index < -0.39 is 0 Å². The van der Waals surface area contributed by atoms with Crippen LogP contribution in [-0.2, 0) is 6.61 Å². The van der Waals surface area contributed by atoms with Gasteiger partial charge >= 0.3 is 0 Å². The number of hydrogen-bond donors (Lipinski definition) is 1. The molecule has 0 aliphatic heterocycles. The van der Waals surface area contributed by atoms with Gasteiger partial charge in [0.2, 0.25) is 0 Å². The van der Waals surface area contributed by atoms with Crippen LogP contribution in [0.1, 0.15) is 19.5 Å². The molecule has 0 aliphatic carbocycles. The summed E-state index contributed by atoms with van der Waals surface area (Å²) < 4.78 is 13.4. The standard InChI is InChI=1S/C22H22N2O3S/c1-3-26-18-11-10-16(12-19(18)27-4-2)21-17(14-25)24-13-20(28-22(24)23-21)15-8-6-5-7-9-15/h5-13,25H,3-4,14H2,1-2H3. The van der Waals surface area contributed by atoms with Gasteiger partial charge in [-0.05, 0) is 37.6 Å². The summed E-state index contributed by atoms with van der Waals surface area (Å²) in [5.74, 6) is 1.40. The third kappa shape index (κ3) is 3.37. The molecule has 0 amide bonds. The van der Waals surface area contributed by atoms with Crippen molar-refractivity contribution in [2.24, 2.45) is 0 Å². The lowest BCUT2D eigenvalue weighted by atomic mass is 10.1. The van der Waals surface area contributed by atoms with E-state index in [-0.39, 0.29) is 6.61 Å². The lowest BCUT2D eigenvalue weighted by molar-refractivity contribution is 0.276. The van der Waals surface area contributed by atoms with Crippen molar-refractivity contribution in [2.75, 3.05) is 13.2 Å². The number of hydrogen-bond acceptors (Lipinski definition) is 5. The molecular weight excluding hydrogens is 372 g/mol. The van der Waals surface area contributed by atoms with E-state index in [0.717, 1.165) is 32.4 Å². The van der Waals surface area contributed by atoms with Crippen molar-refractivity contribution in [1.29, 1.82) is 0 Å². The maximum absolute atomic E-state index is 10.0. The molecule has 0 unspecified atom stereocenters. The largest absolute Gasteiger partial charge is 0.490 e. The summed E-state index contributed by atoms with van der Waals surface area (Å²) in [6.07, 6.45) is 2.04. The molecule has 0 saturated heterocycles. The fraction of sp³-hybridized carbons (Fsp3) is 0.227. The first-order valence-corrected chi connectivity index (χ1v) is 10.1. The summed E-state index contributed by atoms with van der Waals surface area (Å²) in [5.41, 5.74) is 3.56. The van der Waals surface area contributed by atoms with Crippen LogP contribution in [0.3, 0.4) is 0 Å². The Morgan fingerprint density at radius 2 is 1.71 bits per heavy atom. The van der Waals surface area contributed by atoms with Crippen molar-refractivity contribution >= 4 is 16.3 Å². The minimum atomic E-state index is -0.0986. The van der Waals surface area contributed by atoms with Crippen LogP contribution in [0.5, 0.6) is 11.5 Å². The molecular formula is C22H22N2O3S. The third-order valence-electron chi connectivity index (χ3n) is 4.45. The van der Waals surface area contributed by atoms with Gasteiger partial charge in [0.05, 0.1) is 36.1 Å². The van der Waals surface area contributed by atoms with Gasteiger partial charge in [-0.25, -0.2) is 4.98 Å². The molecule has 2 heterocycles. The van der Waals surface area contributed by atoms with Crippen molar-refractivity contribution in [3.05, 3.63) is 60.4 Å². The highest BCUT2D eigenvalue weighted by Crippen LogP contribution is 2.36. The van der Waals surface area contributed by atoms with Gasteiger partial charge in [-0.3, -0.25) is 4.40 Å². The van der Waals surface area contributed by atoms with Gasteiger partial charge < -0.3 is 14.6 Å². The number of nitrogens with zero attached hydrogens (tertiary/aromatic N) is 2. The van der Waals surface area contributed by atoms with Gasteiger partial charge in [0.1, 0.15) is 0 Å². The second-order valence-corrected chi connectivity index (χ2v) is 7.22. The fourth-order valence-corrected chi connectivity index (χ4v) is 4.21. The second-order valence-electron chi connectivity index (χ2n) is 6.21. The molecule has 0 spiro atoms. The normalized spacial score (nSPS) is 11.1. The summed E-state index contributed by atoms with van der Waals surface area (Å²) in [6.45, 7) is 4.91. The molecule has 0 bridgehead atoms. The van der Waals surface area contributed by atoms with Gasteiger partial charge in [0.25, 0.3) is 0 Å². The van der Waals surface area contributed by atoms with Crippen LogP contribution in [0.2, 0.25) is 0 Å². The van der Waals surface area contributed by atoms with Crippen molar-refractivity contribution < 1.29 is 14.6 Å². The average Bonchev–Trinajstić information content (AvgIpc) is 3.28. The van der Waals surface area contributed by atoms with E-state index in [9.17, 15) is 5.11 Å². The molecule has 1 N–H and O–H groups in total. The van der Waals surface area contributed by atoms with E-state index >= 15 is 0 Å². The predicted molar refractivity (Wildman–Crippen MR) is 112 cm³/mol. The Balaban J connectivity index is 1.78. The zero-order chi connectivity index (χ0) is 19.5. The van der Waals surface area contributed by atoms with E-state index in [1.54, 1.807) is 11.3 Å². The number of imidazole rings is 1. The summed E-state index contributed by atoms with van der Waals surface area (Å²) >= 11 is 1.61. The number of aliphatic hydroxyl groups excluding tert-OH is 1. The molecule has 144 valence electrons. The van der Waals surface area contributed by atoms with Crippen molar-refractivity contribution in [1.82, 2.24) is 9.38 Å². The Labute approximate surface area is 167 Å². The van der Waals surface area contributed by atoms with E-state index in [0.29, 0.717) is 24.7 Å². The first-order chi connectivity index (χ1) is 13.7. The first kappa shape index (κ1) is 18.5. The Kier molecular flexibility index (Phi) is 5.32. The molecule has 6 heteroatoms. The Hall–Kier alpha value is -2.83. The topological polar surface area (TPSA) is 56.0 Å². The molecule has 0 fully saturated rings. The number of thiazole rings is 1. The summed E-state index contributed by atoms with van der Waals surface area (Å²) in [5, 5.41) is 10.0. The zero-order valence-electron chi connectivity index (χ0n) is 15.9. The number of fused-ring (bicyclic) bond motifs is 1. The minimum Gasteiger partial charge on any atom is -0.490 e. The van der Waals surface area contributed by atoms with Crippen LogP contribution >= 0.6 is 11.3 Å². The lowest BCUT2D eigenvalue weighted by Gasteiger charge is -2.12. The quantitative estimate of drug-likeness (QED) is 0.478. The van der Waals surface area contributed by atoms with Gasteiger partial charge in [-0.2, -0.15) is 0 Å². The second kappa shape index (κ2) is 8.04. The third-order valence-corrected chi connectivity index (χ3v) is 5.48. The lowest BCUT2D eigenvalue weighted by Crippen LogP contribution is -1.99. The molecule has 0 saturated carbocycles. The molecule has 5 nitrogen and oxygen atoms in total. The van der Waals surface area contributed by atoms with E-state index in [1.807, 2.05) is 60.8 Å². The van der Waals surface area contributed by atoms with Crippen LogP contribution < -0.4 is 9.47 Å². The summed E-state index contributed by atoms with van der Waals surface area (Å²) in [6, 6.07) is 16.0. The van der Waals surface area contributed by atoms with E-state index in [4.69, 9.17) is 14.5 Å². The Bertz CT molecular complexity index is 1090.